The van der Waals surface area contributed by atoms with Gasteiger partial charge in [-0.05, 0) is 62.2 Å². The third-order valence-electron chi connectivity index (χ3n) is 4.02. The highest BCUT2D eigenvalue weighted by Crippen LogP contribution is 2.31. The van der Waals surface area contributed by atoms with Crippen molar-refractivity contribution >= 4 is 5.65 Å². The average molecular weight is 319 g/mol. The fraction of sp³-hybridized carbons (Fsp3) is 0.300. The van der Waals surface area contributed by atoms with Gasteiger partial charge in [-0.25, -0.2) is 4.98 Å². The zero-order chi connectivity index (χ0) is 17.1. The molecule has 1 atom stereocenters. The van der Waals surface area contributed by atoms with Gasteiger partial charge in [0.15, 0.2) is 0 Å². The summed E-state index contributed by atoms with van der Waals surface area (Å²) in [5.41, 5.74) is 4.80. The van der Waals surface area contributed by atoms with Gasteiger partial charge in [-0.15, -0.1) is 0 Å². The van der Waals surface area contributed by atoms with Gasteiger partial charge in [0.25, 0.3) is 0 Å². The van der Waals surface area contributed by atoms with Gasteiger partial charge in [0.1, 0.15) is 11.4 Å². The van der Waals surface area contributed by atoms with E-state index in [0.29, 0.717) is 6.61 Å². The van der Waals surface area contributed by atoms with Gasteiger partial charge in [0.2, 0.25) is 0 Å². The summed E-state index contributed by atoms with van der Waals surface area (Å²) in [7, 11) is 0. The van der Waals surface area contributed by atoms with Crippen molar-refractivity contribution in [3.05, 3.63) is 53.9 Å². The molecule has 0 radical (unpaired) electrons. The van der Waals surface area contributed by atoms with Gasteiger partial charge in [0, 0.05) is 11.8 Å². The normalized spacial score (nSPS) is 12.1. The molecule has 4 heteroatoms. The van der Waals surface area contributed by atoms with Crippen LogP contribution in [0.25, 0.3) is 16.9 Å². The van der Waals surface area contributed by atoms with Crippen LogP contribution in [0.4, 0.5) is 0 Å². The second-order valence-electron chi connectivity index (χ2n) is 6.00. The molecule has 0 fully saturated rings. The molecule has 0 aliphatic carbocycles. The Balaban J connectivity index is 2.09. The molecule has 0 aliphatic rings. The Kier molecular flexibility index (Phi) is 4.52. The second kappa shape index (κ2) is 6.76. The van der Waals surface area contributed by atoms with Crippen LogP contribution in [-0.4, -0.2) is 16.0 Å². The summed E-state index contributed by atoms with van der Waals surface area (Å²) >= 11 is 0. The van der Waals surface area contributed by atoms with Crippen molar-refractivity contribution in [1.82, 2.24) is 9.38 Å². The first-order valence-corrected chi connectivity index (χ1v) is 8.25. The summed E-state index contributed by atoms with van der Waals surface area (Å²) in [6.07, 6.45) is 2.97. The van der Waals surface area contributed by atoms with Crippen molar-refractivity contribution in [2.75, 3.05) is 6.61 Å². The van der Waals surface area contributed by atoms with Gasteiger partial charge in [-0.3, -0.25) is 0 Å². The molecule has 0 saturated carbocycles. The van der Waals surface area contributed by atoms with Crippen molar-refractivity contribution in [3.63, 3.8) is 0 Å². The number of aryl methyl sites for hydroxylation is 1. The zero-order valence-corrected chi connectivity index (χ0v) is 14.3. The predicted molar refractivity (Wildman–Crippen MR) is 95.2 cm³/mol. The molecule has 4 nitrogen and oxygen atoms in total. The summed E-state index contributed by atoms with van der Waals surface area (Å²) in [6.45, 7) is 6.75. The summed E-state index contributed by atoms with van der Waals surface area (Å²) in [5.74, 6) is 0.615. The Bertz CT molecular complexity index is 888. The molecule has 0 spiro atoms. The number of aromatic nitrogens is 2. The molecule has 0 aliphatic heterocycles. The fourth-order valence-corrected chi connectivity index (χ4v) is 2.78. The monoisotopic (exact) mass is 319 g/mol. The quantitative estimate of drug-likeness (QED) is 0.683. The molecule has 2 heterocycles. The molecule has 2 aromatic heterocycles. The van der Waals surface area contributed by atoms with E-state index in [2.05, 4.69) is 13.0 Å². The van der Waals surface area contributed by atoms with Crippen molar-refractivity contribution in [1.29, 1.82) is 5.26 Å². The van der Waals surface area contributed by atoms with E-state index < -0.39 is 0 Å². The highest BCUT2D eigenvalue weighted by Gasteiger charge is 2.19. The lowest BCUT2D eigenvalue weighted by Crippen LogP contribution is -1.99. The number of benzene rings is 1. The molecular formula is C20H21N3O. The maximum atomic E-state index is 9.42. The third-order valence-corrected chi connectivity index (χ3v) is 4.02. The van der Waals surface area contributed by atoms with Crippen molar-refractivity contribution in [2.24, 2.45) is 0 Å². The highest BCUT2D eigenvalue weighted by atomic mass is 16.5. The summed E-state index contributed by atoms with van der Waals surface area (Å²) in [4.78, 5) is 4.78. The molecule has 1 unspecified atom stereocenters. The van der Waals surface area contributed by atoms with Crippen LogP contribution in [0.1, 0.15) is 37.4 Å². The number of pyridine rings is 1. The molecule has 24 heavy (non-hydrogen) atoms. The molecule has 0 bridgehead atoms. The van der Waals surface area contributed by atoms with Crippen LogP contribution in [0.5, 0.6) is 5.75 Å². The SMILES string of the molecule is CCCOc1ccc(-c2nc3cc(C)ccn3c2C(C)C#N)cc1. The highest BCUT2D eigenvalue weighted by molar-refractivity contribution is 5.68. The lowest BCUT2D eigenvalue weighted by atomic mass is 10.0. The molecule has 3 aromatic rings. The van der Waals surface area contributed by atoms with Crippen molar-refractivity contribution < 1.29 is 4.74 Å². The predicted octanol–water partition coefficient (Wildman–Crippen LogP) is 4.73. The van der Waals surface area contributed by atoms with Crippen LogP contribution in [0.3, 0.4) is 0 Å². The van der Waals surface area contributed by atoms with Gasteiger partial charge in [-0.2, -0.15) is 5.26 Å². The smallest absolute Gasteiger partial charge is 0.137 e. The molecule has 1 aromatic carbocycles. The van der Waals surface area contributed by atoms with Crippen molar-refractivity contribution in [3.8, 4) is 23.1 Å². The Labute approximate surface area is 142 Å². The summed E-state index contributed by atoms with van der Waals surface area (Å²) in [6, 6.07) is 14.3. The first kappa shape index (κ1) is 16.1. The number of imidazole rings is 1. The molecular weight excluding hydrogens is 298 g/mol. The average Bonchev–Trinajstić information content (AvgIpc) is 2.98. The number of nitrogens with zero attached hydrogens (tertiary/aromatic N) is 3. The summed E-state index contributed by atoms with van der Waals surface area (Å²) in [5, 5.41) is 9.42. The fourth-order valence-electron chi connectivity index (χ4n) is 2.78. The molecule has 0 N–H and O–H groups in total. The molecule has 122 valence electrons. The Morgan fingerprint density at radius 3 is 2.67 bits per heavy atom. The maximum Gasteiger partial charge on any atom is 0.137 e. The largest absolute Gasteiger partial charge is 0.494 e. The van der Waals surface area contributed by atoms with Crippen LogP contribution in [-0.2, 0) is 0 Å². The van der Waals surface area contributed by atoms with Crippen molar-refractivity contribution in [2.45, 2.75) is 33.1 Å². The minimum atomic E-state index is -0.242. The standard InChI is InChI=1S/C20H21N3O/c1-4-11-24-17-7-5-16(6-8-17)19-20(15(3)13-21)23-10-9-14(2)12-18(23)22-19/h5-10,12,15H,4,11H2,1-3H3. The van der Waals surface area contributed by atoms with Gasteiger partial charge in [0.05, 0.1) is 30.0 Å². The van der Waals surface area contributed by atoms with E-state index in [9.17, 15) is 5.26 Å². The number of hydrogen-bond acceptors (Lipinski definition) is 3. The van der Waals surface area contributed by atoms with Gasteiger partial charge < -0.3 is 9.14 Å². The van der Waals surface area contributed by atoms with Crippen LogP contribution >= 0.6 is 0 Å². The van der Waals surface area contributed by atoms with E-state index in [1.54, 1.807) is 0 Å². The Hall–Kier alpha value is -2.80. The van der Waals surface area contributed by atoms with E-state index in [4.69, 9.17) is 9.72 Å². The third kappa shape index (κ3) is 2.98. The number of nitriles is 1. The minimum absolute atomic E-state index is 0.242. The van der Waals surface area contributed by atoms with E-state index in [1.807, 2.05) is 60.8 Å². The Morgan fingerprint density at radius 1 is 1.25 bits per heavy atom. The van der Waals surface area contributed by atoms with E-state index in [1.165, 1.54) is 0 Å². The lowest BCUT2D eigenvalue weighted by Gasteiger charge is -2.08. The first-order valence-electron chi connectivity index (χ1n) is 8.25. The number of rotatable bonds is 5. The van der Waals surface area contributed by atoms with Crippen LogP contribution < -0.4 is 4.74 Å². The van der Waals surface area contributed by atoms with E-state index in [0.717, 1.165) is 40.3 Å². The van der Waals surface area contributed by atoms with Gasteiger partial charge >= 0.3 is 0 Å². The summed E-state index contributed by atoms with van der Waals surface area (Å²) < 4.78 is 7.65. The maximum absolute atomic E-state index is 9.42. The first-order chi connectivity index (χ1) is 11.6. The zero-order valence-electron chi connectivity index (χ0n) is 14.3. The van der Waals surface area contributed by atoms with Crippen LogP contribution in [0.15, 0.2) is 42.6 Å². The topological polar surface area (TPSA) is 50.3 Å². The number of hydrogen-bond donors (Lipinski definition) is 0. The minimum Gasteiger partial charge on any atom is -0.494 e. The number of ether oxygens (including phenoxy) is 1. The second-order valence-corrected chi connectivity index (χ2v) is 6.00. The number of fused-ring (bicyclic) bond motifs is 1. The van der Waals surface area contributed by atoms with Crippen LogP contribution in [0.2, 0.25) is 0 Å². The lowest BCUT2D eigenvalue weighted by molar-refractivity contribution is 0.317. The van der Waals surface area contributed by atoms with E-state index in [-0.39, 0.29) is 5.92 Å². The molecule has 3 rings (SSSR count). The molecule has 0 amide bonds. The van der Waals surface area contributed by atoms with E-state index >= 15 is 0 Å². The van der Waals surface area contributed by atoms with Gasteiger partial charge in [-0.1, -0.05) is 6.92 Å². The molecule has 0 saturated heterocycles. The Morgan fingerprint density at radius 2 is 2.00 bits per heavy atom. The van der Waals surface area contributed by atoms with Crippen LogP contribution in [0, 0.1) is 18.3 Å².